The van der Waals surface area contributed by atoms with Crippen LogP contribution in [0.1, 0.15) is 51.6 Å². The van der Waals surface area contributed by atoms with E-state index < -0.39 is 0 Å². The Morgan fingerprint density at radius 3 is 2.84 bits per heavy atom. The molecule has 0 saturated carbocycles. The van der Waals surface area contributed by atoms with E-state index in [1.54, 1.807) is 0 Å². The smallest absolute Gasteiger partial charge is 0.0474 e. The molecular weight excluding hydrogens is 256 g/mol. The van der Waals surface area contributed by atoms with E-state index in [1.807, 2.05) is 0 Å². The molecule has 0 bridgehead atoms. The van der Waals surface area contributed by atoms with E-state index in [-0.39, 0.29) is 0 Å². The third kappa shape index (κ3) is 3.24. The molecule has 1 aliphatic rings. The summed E-state index contributed by atoms with van der Waals surface area (Å²) in [5, 5.41) is 4.30. The maximum Gasteiger partial charge on any atom is 0.0474 e. The predicted molar refractivity (Wildman–Crippen MR) is 84.2 cm³/mol. The highest BCUT2D eigenvalue weighted by Crippen LogP contribution is 2.32. The van der Waals surface area contributed by atoms with Crippen molar-refractivity contribution in [2.45, 2.75) is 52.1 Å². The van der Waals surface area contributed by atoms with Crippen LogP contribution in [0.4, 0.5) is 5.69 Å². The third-order valence-corrected chi connectivity index (χ3v) is 4.47. The standard InChI is InChI=1S/C16H25ClN2/c1-4-13-7-6-10-19(13)14-8-9-15(16(17)11-14)12(3)18-5-2/h8-9,11-13,18H,4-7,10H2,1-3H3. The Kier molecular flexibility index (Phi) is 5.12. The van der Waals surface area contributed by atoms with Crippen molar-refractivity contribution >= 4 is 17.3 Å². The van der Waals surface area contributed by atoms with E-state index in [4.69, 9.17) is 11.6 Å². The molecular formula is C16H25ClN2. The fraction of sp³-hybridized carbons (Fsp3) is 0.625. The van der Waals surface area contributed by atoms with Crippen LogP contribution in [0.2, 0.25) is 5.02 Å². The summed E-state index contributed by atoms with van der Waals surface area (Å²) >= 11 is 6.46. The van der Waals surface area contributed by atoms with Gasteiger partial charge in [-0.3, -0.25) is 0 Å². The fourth-order valence-electron chi connectivity index (χ4n) is 3.06. The average molecular weight is 281 g/mol. The molecule has 1 N–H and O–H groups in total. The summed E-state index contributed by atoms with van der Waals surface area (Å²) in [6, 6.07) is 7.54. The maximum atomic E-state index is 6.46. The molecule has 106 valence electrons. The first-order chi connectivity index (χ1) is 9.17. The Balaban J connectivity index is 2.18. The van der Waals surface area contributed by atoms with Gasteiger partial charge >= 0.3 is 0 Å². The van der Waals surface area contributed by atoms with Crippen LogP contribution in [-0.2, 0) is 0 Å². The van der Waals surface area contributed by atoms with Gasteiger partial charge in [-0.25, -0.2) is 0 Å². The highest BCUT2D eigenvalue weighted by Gasteiger charge is 2.23. The number of benzene rings is 1. The first-order valence-electron chi connectivity index (χ1n) is 7.46. The van der Waals surface area contributed by atoms with Crippen LogP contribution < -0.4 is 10.2 Å². The SMILES string of the molecule is CCNC(C)c1ccc(N2CCCC2CC)cc1Cl. The normalized spacial score (nSPS) is 20.8. The lowest BCUT2D eigenvalue weighted by Gasteiger charge is -2.27. The highest BCUT2D eigenvalue weighted by atomic mass is 35.5. The zero-order chi connectivity index (χ0) is 13.8. The lowest BCUT2D eigenvalue weighted by atomic mass is 10.1. The van der Waals surface area contributed by atoms with E-state index in [0.717, 1.165) is 18.1 Å². The van der Waals surface area contributed by atoms with Gasteiger partial charge in [0.2, 0.25) is 0 Å². The van der Waals surface area contributed by atoms with E-state index in [9.17, 15) is 0 Å². The second-order valence-electron chi connectivity index (χ2n) is 5.38. The van der Waals surface area contributed by atoms with Gasteiger partial charge in [-0.15, -0.1) is 0 Å². The molecule has 1 fully saturated rings. The molecule has 2 rings (SSSR count). The first-order valence-corrected chi connectivity index (χ1v) is 7.84. The van der Waals surface area contributed by atoms with Crippen LogP contribution in [0.15, 0.2) is 18.2 Å². The number of halogens is 1. The minimum atomic E-state index is 0.312. The molecule has 3 heteroatoms. The van der Waals surface area contributed by atoms with E-state index in [1.165, 1.54) is 30.5 Å². The van der Waals surface area contributed by atoms with Crippen molar-refractivity contribution in [2.75, 3.05) is 18.0 Å². The van der Waals surface area contributed by atoms with Gasteiger partial charge < -0.3 is 10.2 Å². The summed E-state index contributed by atoms with van der Waals surface area (Å²) in [6.45, 7) is 8.68. The molecule has 2 nitrogen and oxygen atoms in total. The minimum absolute atomic E-state index is 0.312. The van der Waals surface area contributed by atoms with Crippen LogP contribution in [-0.4, -0.2) is 19.1 Å². The summed E-state index contributed by atoms with van der Waals surface area (Å²) in [7, 11) is 0. The largest absolute Gasteiger partial charge is 0.369 e. The first kappa shape index (κ1) is 14.7. The van der Waals surface area contributed by atoms with Gasteiger partial charge in [0.15, 0.2) is 0 Å². The molecule has 0 aromatic heterocycles. The Morgan fingerprint density at radius 2 is 2.21 bits per heavy atom. The second kappa shape index (κ2) is 6.62. The van der Waals surface area contributed by atoms with Crippen LogP contribution >= 0.6 is 11.6 Å². The summed E-state index contributed by atoms with van der Waals surface area (Å²) in [4.78, 5) is 2.51. The Labute approximate surface area is 122 Å². The summed E-state index contributed by atoms with van der Waals surface area (Å²) in [6.07, 6.45) is 3.82. The van der Waals surface area contributed by atoms with Gasteiger partial charge in [-0.2, -0.15) is 0 Å². The van der Waals surface area contributed by atoms with Crippen LogP contribution in [0.3, 0.4) is 0 Å². The molecule has 0 aliphatic carbocycles. The fourth-order valence-corrected chi connectivity index (χ4v) is 3.40. The quantitative estimate of drug-likeness (QED) is 0.860. The Morgan fingerprint density at radius 1 is 1.42 bits per heavy atom. The van der Waals surface area contributed by atoms with Crippen molar-refractivity contribution in [1.29, 1.82) is 0 Å². The van der Waals surface area contributed by atoms with Gasteiger partial charge in [0.1, 0.15) is 0 Å². The van der Waals surface area contributed by atoms with E-state index in [0.29, 0.717) is 12.1 Å². The molecule has 0 radical (unpaired) electrons. The van der Waals surface area contributed by atoms with Crippen LogP contribution in [0.5, 0.6) is 0 Å². The topological polar surface area (TPSA) is 15.3 Å². The maximum absolute atomic E-state index is 6.46. The van der Waals surface area contributed by atoms with Gasteiger partial charge in [-0.05, 0) is 50.4 Å². The van der Waals surface area contributed by atoms with E-state index >= 15 is 0 Å². The van der Waals surface area contributed by atoms with Crippen molar-refractivity contribution in [3.63, 3.8) is 0 Å². The zero-order valence-corrected chi connectivity index (χ0v) is 13.0. The molecule has 1 aromatic carbocycles. The van der Waals surface area contributed by atoms with Crippen molar-refractivity contribution in [3.05, 3.63) is 28.8 Å². The number of hydrogen-bond donors (Lipinski definition) is 1. The van der Waals surface area contributed by atoms with Crippen molar-refractivity contribution < 1.29 is 0 Å². The summed E-state index contributed by atoms with van der Waals surface area (Å²) < 4.78 is 0. The number of hydrogen-bond acceptors (Lipinski definition) is 2. The number of anilines is 1. The predicted octanol–water partition coefficient (Wildman–Crippen LogP) is 4.39. The van der Waals surface area contributed by atoms with Crippen molar-refractivity contribution in [1.82, 2.24) is 5.32 Å². The lowest BCUT2D eigenvalue weighted by Crippen LogP contribution is -2.28. The summed E-state index contributed by atoms with van der Waals surface area (Å²) in [5.74, 6) is 0. The molecule has 0 amide bonds. The number of nitrogens with one attached hydrogen (secondary N) is 1. The molecule has 2 atom stereocenters. The van der Waals surface area contributed by atoms with E-state index in [2.05, 4.69) is 49.2 Å². The van der Waals surface area contributed by atoms with Crippen LogP contribution in [0, 0.1) is 0 Å². The van der Waals surface area contributed by atoms with Gasteiger partial charge in [-0.1, -0.05) is 31.5 Å². The molecule has 1 aliphatic heterocycles. The summed E-state index contributed by atoms with van der Waals surface area (Å²) in [5.41, 5.74) is 2.47. The molecule has 1 heterocycles. The number of rotatable bonds is 5. The monoisotopic (exact) mass is 280 g/mol. The lowest BCUT2D eigenvalue weighted by molar-refractivity contribution is 0.598. The Hall–Kier alpha value is -0.730. The van der Waals surface area contributed by atoms with Crippen LogP contribution in [0.25, 0.3) is 0 Å². The minimum Gasteiger partial charge on any atom is -0.369 e. The molecule has 2 unspecified atom stereocenters. The Bertz CT molecular complexity index is 419. The van der Waals surface area contributed by atoms with Gasteiger partial charge in [0, 0.05) is 29.3 Å². The highest BCUT2D eigenvalue weighted by molar-refractivity contribution is 6.31. The average Bonchev–Trinajstić information content (AvgIpc) is 2.87. The number of nitrogens with zero attached hydrogens (tertiary/aromatic N) is 1. The molecule has 19 heavy (non-hydrogen) atoms. The molecule has 1 saturated heterocycles. The van der Waals surface area contributed by atoms with Gasteiger partial charge in [0.25, 0.3) is 0 Å². The zero-order valence-electron chi connectivity index (χ0n) is 12.2. The van der Waals surface area contributed by atoms with Crippen molar-refractivity contribution in [3.8, 4) is 0 Å². The molecule has 0 spiro atoms. The second-order valence-corrected chi connectivity index (χ2v) is 5.79. The van der Waals surface area contributed by atoms with Crippen molar-refractivity contribution in [2.24, 2.45) is 0 Å². The molecule has 1 aromatic rings. The van der Waals surface area contributed by atoms with Gasteiger partial charge in [0.05, 0.1) is 0 Å². The third-order valence-electron chi connectivity index (χ3n) is 4.14.